The van der Waals surface area contributed by atoms with Crippen molar-refractivity contribution in [1.82, 2.24) is 0 Å². The molecule has 4 heterocycles. The molecule has 9 heteroatoms. The van der Waals surface area contributed by atoms with E-state index in [4.69, 9.17) is 14.2 Å². The first-order valence-corrected chi connectivity index (χ1v) is 14.6. The third-order valence-corrected chi connectivity index (χ3v) is 9.15. The van der Waals surface area contributed by atoms with E-state index in [2.05, 4.69) is 5.32 Å². The van der Waals surface area contributed by atoms with Crippen molar-refractivity contribution in [2.75, 3.05) is 17.0 Å². The molecule has 4 aliphatic heterocycles. The quantitative estimate of drug-likeness (QED) is 0.190. The van der Waals surface area contributed by atoms with Gasteiger partial charge >= 0.3 is 5.97 Å². The molecule has 4 aromatic rings. The molecule has 1 spiro atoms. The summed E-state index contributed by atoms with van der Waals surface area (Å²) in [6.45, 7) is 1.34. The Labute approximate surface area is 258 Å². The van der Waals surface area contributed by atoms with Gasteiger partial charge in [0.1, 0.15) is 17.2 Å². The summed E-state index contributed by atoms with van der Waals surface area (Å²) in [7, 11) is 0. The first-order chi connectivity index (χ1) is 21.9. The molecule has 0 aromatic heterocycles. The zero-order valence-electron chi connectivity index (χ0n) is 24.1. The van der Waals surface area contributed by atoms with E-state index in [-0.39, 0.29) is 24.3 Å². The number of nitrogens with one attached hydrogen (secondary N) is 1. The Kier molecular flexibility index (Phi) is 5.93. The van der Waals surface area contributed by atoms with Crippen molar-refractivity contribution in [2.45, 2.75) is 24.4 Å². The van der Waals surface area contributed by atoms with Crippen molar-refractivity contribution in [1.29, 1.82) is 0 Å². The molecule has 4 unspecified atom stereocenters. The van der Waals surface area contributed by atoms with Crippen molar-refractivity contribution in [3.63, 3.8) is 0 Å². The molecule has 0 radical (unpaired) electrons. The molecule has 0 bridgehead atoms. The molecule has 45 heavy (non-hydrogen) atoms. The van der Waals surface area contributed by atoms with Crippen LogP contribution in [0.5, 0.6) is 17.2 Å². The van der Waals surface area contributed by atoms with Gasteiger partial charge in [-0.2, -0.15) is 0 Å². The number of esters is 1. The molecule has 0 aliphatic carbocycles. The van der Waals surface area contributed by atoms with E-state index < -0.39 is 29.4 Å². The summed E-state index contributed by atoms with van der Waals surface area (Å²) < 4.78 is 16.3. The molecule has 1 fully saturated rings. The minimum Gasteiger partial charge on any atom is -0.454 e. The van der Waals surface area contributed by atoms with Crippen LogP contribution in [-0.4, -0.2) is 42.3 Å². The number of ether oxygens (including phenoxy) is 3. The minimum absolute atomic E-state index is 0.0397. The van der Waals surface area contributed by atoms with Crippen LogP contribution in [0.15, 0.2) is 97.1 Å². The van der Waals surface area contributed by atoms with Crippen LogP contribution in [0, 0.1) is 5.92 Å². The maximum Gasteiger partial charge on any atom is 0.308 e. The number of nitrogens with zero attached hydrogens (tertiary/aromatic N) is 1. The Morgan fingerprint density at radius 2 is 1.60 bits per heavy atom. The number of para-hydroxylation sites is 2. The summed E-state index contributed by atoms with van der Waals surface area (Å²) in [5, 5.41) is 3.03. The van der Waals surface area contributed by atoms with Gasteiger partial charge in [-0.15, -0.1) is 0 Å². The summed E-state index contributed by atoms with van der Waals surface area (Å²) in [6, 6.07) is 24.5. The molecule has 0 saturated carbocycles. The van der Waals surface area contributed by atoms with Crippen molar-refractivity contribution in [3.05, 3.63) is 119 Å². The second-order valence-electron chi connectivity index (χ2n) is 11.5. The fourth-order valence-electron chi connectivity index (χ4n) is 7.37. The SMILES string of the molecule is CC(=O)Oc1ccc(C(=O)C2C(C(=O)c3ccc4c(c3)OCO4)C3(C(=O)Nc4ccccc43)C3C=Cc4ccccc4N23)cc1. The van der Waals surface area contributed by atoms with Crippen LogP contribution in [0.2, 0.25) is 0 Å². The molecule has 4 aliphatic rings. The summed E-state index contributed by atoms with van der Waals surface area (Å²) in [4.78, 5) is 57.8. The van der Waals surface area contributed by atoms with Gasteiger partial charge in [-0.1, -0.05) is 48.6 Å². The predicted molar refractivity (Wildman–Crippen MR) is 165 cm³/mol. The number of carbonyl (C=O) groups is 4. The van der Waals surface area contributed by atoms with Gasteiger partial charge in [-0.25, -0.2) is 0 Å². The molecule has 222 valence electrons. The zero-order valence-corrected chi connectivity index (χ0v) is 24.1. The average molecular weight is 599 g/mol. The summed E-state index contributed by atoms with van der Waals surface area (Å²) in [5.41, 5.74) is 2.07. The van der Waals surface area contributed by atoms with Gasteiger partial charge in [-0.3, -0.25) is 19.2 Å². The highest BCUT2D eigenvalue weighted by Crippen LogP contribution is 2.58. The van der Waals surface area contributed by atoms with E-state index in [9.17, 15) is 14.4 Å². The fourth-order valence-corrected chi connectivity index (χ4v) is 7.37. The summed E-state index contributed by atoms with van der Waals surface area (Å²) >= 11 is 0. The zero-order chi connectivity index (χ0) is 30.9. The van der Waals surface area contributed by atoms with Gasteiger partial charge < -0.3 is 24.4 Å². The van der Waals surface area contributed by atoms with Gasteiger partial charge in [0.15, 0.2) is 23.1 Å². The smallest absolute Gasteiger partial charge is 0.308 e. The second-order valence-corrected chi connectivity index (χ2v) is 11.5. The van der Waals surface area contributed by atoms with Crippen LogP contribution >= 0.6 is 0 Å². The highest BCUT2D eigenvalue weighted by atomic mass is 16.7. The molecule has 4 aromatic carbocycles. The second kappa shape index (κ2) is 9.92. The summed E-state index contributed by atoms with van der Waals surface area (Å²) in [6.07, 6.45) is 3.89. The molecular weight excluding hydrogens is 572 g/mol. The highest BCUT2D eigenvalue weighted by molar-refractivity contribution is 6.18. The Balaban J connectivity index is 1.36. The van der Waals surface area contributed by atoms with E-state index in [0.29, 0.717) is 39.6 Å². The number of hydrogen-bond acceptors (Lipinski definition) is 8. The third-order valence-electron chi connectivity index (χ3n) is 9.15. The van der Waals surface area contributed by atoms with Gasteiger partial charge in [0.25, 0.3) is 0 Å². The first kappa shape index (κ1) is 26.9. The van der Waals surface area contributed by atoms with Gasteiger partial charge in [0.05, 0.1) is 12.0 Å². The number of carbonyl (C=O) groups excluding carboxylic acids is 4. The number of hydrogen-bond donors (Lipinski definition) is 1. The van der Waals surface area contributed by atoms with Gasteiger partial charge in [-0.05, 0) is 65.7 Å². The van der Waals surface area contributed by atoms with Gasteiger partial charge in [0, 0.05) is 29.4 Å². The van der Waals surface area contributed by atoms with Crippen LogP contribution in [0.1, 0.15) is 38.8 Å². The van der Waals surface area contributed by atoms with E-state index in [1.807, 2.05) is 65.6 Å². The van der Waals surface area contributed by atoms with Crippen LogP contribution in [0.25, 0.3) is 6.08 Å². The predicted octanol–water partition coefficient (Wildman–Crippen LogP) is 5.20. The molecule has 8 rings (SSSR count). The average Bonchev–Trinajstić information content (AvgIpc) is 3.73. The lowest BCUT2D eigenvalue weighted by atomic mass is 9.64. The molecule has 9 nitrogen and oxygen atoms in total. The first-order valence-electron chi connectivity index (χ1n) is 14.6. The lowest BCUT2D eigenvalue weighted by Crippen LogP contribution is -2.51. The number of ketones is 2. The van der Waals surface area contributed by atoms with Crippen LogP contribution in [0.4, 0.5) is 11.4 Å². The fraction of sp³-hybridized carbons (Fsp3) is 0.167. The lowest BCUT2D eigenvalue weighted by Gasteiger charge is -2.37. The van der Waals surface area contributed by atoms with Crippen molar-refractivity contribution in [2.24, 2.45) is 5.92 Å². The largest absolute Gasteiger partial charge is 0.454 e. The van der Waals surface area contributed by atoms with Crippen LogP contribution < -0.4 is 24.4 Å². The number of Topliss-reactive ketones (excluding diaryl/α,β-unsaturated/α-hetero) is 2. The molecule has 4 atom stereocenters. The van der Waals surface area contributed by atoms with Crippen LogP contribution in [-0.2, 0) is 15.0 Å². The van der Waals surface area contributed by atoms with E-state index in [0.717, 1.165) is 11.3 Å². The van der Waals surface area contributed by atoms with E-state index in [1.54, 1.807) is 42.5 Å². The topological polar surface area (TPSA) is 111 Å². The number of amides is 1. The Morgan fingerprint density at radius 3 is 2.42 bits per heavy atom. The highest BCUT2D eigenvalue weighted by Gasteiger charge is 2.70. The number of rotatable bonds is 5. The lowest BCUT2D eigenvalue weighted by molar-refractivity contribution is -0.131. The Morgan fingerprint density at radius 1 is 0.867 bits per heavy atom. The van der Waals surface area contributed by atoms with Gasteiger partial charge in [0.2, 0.25) is 12.7 Å². The molecular formula is C36H26N2O7. The monoisotopic (exact) mass is 598 g/mol. The maximum atomic E-state index is 15.0. The third kappa shape index (κ3) is 3.86. The van der Waals surface area contributed by atoms with E-state index >= 15 is 4.79 Å². The van der Waals surface area contributed by atoms with Crippen molar-refractivity contribution < 1.29 is 33.4 Å². The maximum absolute atomic E-state index is 15.0. The Bertz CT molecular complexity index is 1970. The molecule has 1 saturated heterocycles. The van der Waals surface area contributed by atoms with Crippen molar-refractivity contribution >= 4 is 40.9 Å². The number of benzene rings is 4. The molecule has 1 amide bonds. The van der Waals surface area contributed by atoms with Crippen LogP contribution in [0.3, 0.4) is 0 Å². The number of anilines is 2. The minimum atomic E-state index is -1.44. The standard InChI is InChI=1S/C36H26N2O7/c1-20(39)45-24-14-10-22(11-15-24)34(41)32-31(33(40)23-12-16-28-29(18-23)44-19-43-28)36(25-7-3-4-8-26(25)37-35(36)42)30-17-13-21-6-2-5-9-27(21)38(30)32/h2-18,30-32H,19H2,1H3,(H,37,42). The van der Waals surface area contributed by atoms with E-state index in [1.165, 1.54) is 6.92 Å². The molecule has 1 N–H and O–H groups in total. The normalized spacial score (nSPS) is 23.3. The Hall–Kier alpha value is -5.70. The number of fused-ring (bicyclic) bond motifs is 7. The summed E-state index contributed by atoms with van der Waals surface area (Å²) in [5.74, 6) is -1.43. The van der Waals surface area contributed by atoms with Crippen molar-refractivity contribution in [3.8, 4) is 17.2 Å².